The molecule has 34 heavy (non-hydrogen) atoms. The maximum atomic E-state index is 13.9. The number of anilines is 1. The van der Waals surface area contributed by atoms with E-state index in [0.717, 1.165) is 16.3 Å². The van der Waals surface area contributed by atoms with Gasteiger partial charge in [-0.15, -0.1) is 16.4 Å². The molecule has 0 saturated carbocycles. The molecule has 0 aliphatic carbocycles. The molecule has 0 atom stereocenters. The summed E-state index contributed by atoms with van der Waals surface area (Å²) in [5.74, 6) is 0.139. The van der Waals surface area contributed by atoms with Gasteiger partial charge in [0.1, 0.15) is 11.6 Å². The predicted molar refractivity (Wildman–Crippen MR) is 126 cm³/mol. The number of aryl methyl sites for hydroxylation is 3. The Morgan fingerprint density at radius 3 is 2.41 bits per heavy atom. The fraction of sp³-hybridized carbons (Fsp3) is 0.130. The van der Waals surface area contributed by atoms with Gasteiger partial charge in [0.05, 0.1) is 16.3 Å². The van der Waals surface area contributed by atoms with E-state index < -0.39 is 11.7 Å². The van der Waals surface area contributed by atoms with E-state index in [1.54, 1.807) is 25.1 Å². The number of thiophene rings is 1. The molecule has 5 aromatic rings. The van der Waals surface area contributed by atoms with Gasteiger partial charge in [0, 0.05) is 17.5 Å². The molecule has 9 nitrogen and oxygen atoms in total. The normalized spacial score (nSPS) is 11.1. The number of hydrogen-bond acceptors (Lipinski definition) is 7. The van der Waals surface area contributed by atoms with Crippen molar-refractivity contribution in [1.29, 1.82) is 0 Å². The maximum absolute atomic E-state index is 13.9. The zero-order valence-corrected chi connectivity index (χ0v) is 19.3. The summed E-state index contributed by atoms with van der Waals surface area (Å²) in [6, 6.07) is 13.3. The second kappa shape index (κ2) is 8.60. The largest absolute Gasteiger partial charge is 0.304 e. The van der Waals surface area contributed by atoms with Crippen molar-refractivity contribution in [2.45, 2.75) is 20.8 Å². The molecule has 0 aliphatic rings. The van der Waals surface area contributed by atoms with E-state index in [4.69, 9.17) is 0 Å². The second-order valence-corrected chi connectivity index (χ2v) is 8.56. The summed E-state index contributed by atoms with van der Waals surface area (Å²) in [6.45, 7) is 5.53. The summed E-state index contributed by atoms with van der Waals surface area (Å²) in [4.78, 5) is 27.3. The molecular formula is C23H19FN8OS. The molecule has 170 valence electrons. The van der Waals surface area contributed by atoms with Crippen LogP contribution in [-0.4, -0.2) is 40.4 Å². The van der Waals surface area contributed by atoms with Crippen molar-refractivity contribution in [3.05, 3.63) is 82.6 Å². The second-order valence-electron chi connectivity index (χ2n) is 7.62. The van der Waals surface area contributed by atoms with Crippen molar-refractivity contribution in [2.75, 3.05) is 5.32 Å². The Bertz CT molecular complexity index is 1490. The highest BCUT2D eigenvalue weighted by Crippen LogP contribution is 2.26. The molecule has 0 saturated heterocycles. The van der Waals surface area contributed by atoms with Gasteiger partial charge in [-0.1, -0.05) is 12.1 Å². The molecule has 1 N–H and O–H groups in total. The molecule has 0 fully saturated rings. The minimum absolute atomic E-state index is 0.0700. The molecule has 4 heterocycles. The van der Waals surface area contributed by atoms with Gasteiger partial charge >= 0.3 is 0 Å². The van der Waals surface area contributed by atoms with Crippen molar-refractivity contribution in [1.82, 2.24) is 34.5 Å². The van der Waals surface area contributed by atoms with Crippen LogP contribution < -0.4 is 5.32 Å². The highest BCUT2D eigenvalue weighted by Gasteiger charge is 2.22. The molecule has 5 rings (SSSR count). The maximum Gasteiger partial charge on any atom is 0.296 e. The first-order chi connectivity index (χ1) is 16.4. The lowest BCUT2D eigenvalue weighted by Crippen LogP contribution is -2.18. The molecule has 0 unspecified atom stereocenters. The van der Waals surface area contributed by atoms with Crippen LogP contribution in [-0.2, 0) is 0 Å². The number of nitrogens with zero attached hydrogens (tertiary/aromatic N) is 7. The summed E-state index contributed by atoms with van der Waals surface area (Å²) in [7, 11) is 0. The number of nitrogens with one attached hydrogen (secondary N) is 1. The average Bonchev–Trinajstić information content (AvgIpc) is 3.52. The van der Waals surface area contributed by atoms with Crippen molar-refractivity contribution in [3.8, 4) is 22.3 Å². The van der Waals surface area contributed by atoms with Gasteiger partial charge in [-0.25, -0.2) is 24.0 Å². The van der Waals surface area contributed by atoms with Crippen LogP contribution in [0.5, 0.6) is 0 Å². The Hall–Kier alpha value is -4.25. The zero-order chi connectivity index (χ0) is 23.8. The Morgan fingerprint density at radius 1 is 0.912 bits per heavy atom. The van der Waals surface area contributed by atoms with E-state index in [-0.39, 0.29) is 5.82 Å². The lowest BCUT2D eigenvalue weighted by molar-refractivity contribution is 0.101. The van der Waals surface area contributed by atoms with Crippen molar-refractivity contribution in [2.24, 2.45) is 0 Å². The predicted octanol–water partition coefficient (Wildman–Crippen LogP) is 4.29. The highest BCUT2D eigenvalue weighted by molar-refractivity contribution is 7.13. The summed E-state index contributed by atoms with van der Waals surface area (Å²) >= 11 is 1.44. The lowest BCUT2D eigenvalue weighted by atomic mass is 10.3. The topological polar surface area (TPSA) is 103 Å². The van der Waals surface area contributed by atoms with E-state index in [9.17, 15) is 9.18 Å². The number of rotatable bonds is 5. The smallest absolute Gasteiger partial charge is 0.296 e. The third-order valence-electron chi connectivity index (χ3n) is 4.84. The summed E-state index contributed by atoms with van der Waals surface area (Å²) in [6.07, 6.45) is 0. The number of carbonyl (C=O) groups is 1. The van der Waals surface area contributed by atoms with E-state index in [0.29, 0.717) is 29.0 Å². The molecule has 0 aliphatic heterocycles. The van der Waals surface area contributed by atoms with Crippen LogP contribution in [0.1, 0.15) is 27.7 Å². The van der Waals surface area contributed by atoms with Crippen LogP contribution in [0.15, 0.2) is 53.9 Å². The first kappa shape index (κ1) is 21.6. The van der Waals surface area contributed by atoms with Crippen LogP contribution in [0.2, 0.25) is 0 Å². The fourth-order valence-corrected chi connectivity index (χ4v) is 4.18. The van der Waals surface area contributed by atoms with Crippen molar-refractivity contribution >= 4 is 23.1 Å². The molecule has 1 amide bonds. The van der Waals surface area contributed by atoms with Crippen LogP contribution in [0, 0.1) is 26.6 Å². The molecule has 4 aromatic heterocycles. The van der Waals surface area contributed by atoms with Gasteiger partial charge in [0.15, 0.2) is 5.82 Å². The van der Waals surface area contributed by atoms with Crippen LogP contribution >= 0.6 is 11.3 Å². The number of aromatic nitrogens is 7. The molecular weight excluding hydrogens is 455 g/mol. The number of halogens is 1. The minimum Gasteiger partial charge on any atom is -0.304 e. The van der Waals surface area contributed by atoms with E-state index in [2.05, 4.69) is 30.5 Å². The molecule has 1 aromatic carbocycles. The van der Waals surface area contributed by atoms with Gasteiger partial charge in [-0.2, -0.15) is 9.78 Å². The Labute approximate surface area is 198 Å². The van der Waals surface area contributed by atoms with Gasteiger partial charge < -0.3 is 5.32 Å². The number of hydrogen-bond donors (Lipinski definition) is 1. The van der Waals surface area contributed by atoms with E-state index in [1.165, 1.54) is 32.8 Å². The number of amides is 1. The van der Waals surface area contributed by atoms with E-state index >= 15 is 0 Å². The van der Waals surface area contributed by atoms with E-state index in [1.807, 2.05) is 37.4 Å². The quantitative estimate of drug-likeness (QED) is 0.408. The third kappa shape index (κ3) is 4.20. The van der Waals surface area contributed by atoms with Crippen molar-refractivity contribution < 1.29 is 9.18 Å². The van der Waals surface area contributed by atoms with Gasteiger partial charge in [0.2, 0.25) is 5.82 Å². The molecule has 0 bridgehead atoms. The first-order valence-corrected chi connectivity index (χ1v) is 11.2. The summed E-state index contributed by atoms with van der Waals surface area (Å²) in [5.41, 5.74) is 2.70. The number of benzene rings is 1. The molecule has 0 spiro atoms. The Morgan fingerprint density at radius 2 is 1.71 bits per heavy atom. The van der Waals surface area contributed by atoms with Gasteiger partial charge in [-0.3, -0.25) is 4.79 Å². The van der Waals surface area contributed by atoms with Gasteiger partial charge in [0.25, 0.3) is 11.9 Å². The van der Waals surface area contributed by atoms with Gasteiger partial charge in [-0.05, 0) is 56.5 Å². The summed E-state index contributed by atoms with van der Waals surface area (Å²) < 4.78 is 16.8. The lowest BCUT2D eigenvalue weighted by Gasteiger charge is -2.07. The third-order valence-corrected chi connectivity index (χ3v) is 5.70. The monoisotopic (exact) mass is 474 g/mol. The zero-order valence-electron chi connectivity index (χ0n) is 18.5. The van der Waals surface area contributed by atoms with Crippen LogP contribution in [0.3, 0.4) is 0 Å². The first-order valence-electron chi connectivity index (χ1n) is 10.3. The Balaban J connectivity index is 1.53. The average molecular weight is 475 g/mol. The summed E-state index contributed by atoms with van der Waals surface area (Å²) in [5, 5.41) is 13.5. The van der Waals surface area contributed by atoms with Crippen molar-refractivity contribution in [3.63, 3.8) is 0 Å². The molecule has 0 radical (unpaired) electrons. The number of carbonyl (C=O) groups excluding carboxylic acids is 1. The fourth-order valence-electron chi connectivity index (χ4n) is 3.48. The van der Waals surface area contributed by atoms with Crippen LogP contribution in [0.4, 0.5) is 10.2 Å². The molecule has 11 heteroatoms. The van der Waals surface area contributed by atoms with Crippen LogP contribution in [0.25, 0.3) is 22.3 Å². The standard InChI is InChI=1S/C23H19FN8OS/c1-13-10-14(2)26-23(25-13)32-19(11-15(3)29-32)27-22(33)20-28-21(18-8-5-9-34-18)31(30-20)17-7-4-6-16(24)12-17/h4-12H,1-3H3,(H,27,33). The SMILES string of the molecule is Cc1cc(C)nc(-n2nc(C)cc2NC(=O)c2nc(-c3cccs3)n(-c3cccc(F)c3)n2)n1. The Kier molecular flexibility index (Phi) is 5.46. The minimum atomic E-state index is -0.543. The highest BCUT2D eigenvalue weighted by atomic mass is 32.1.